The number of hydrogen-bond donors (Lipinski definition) is 2. The summed E-state index contributed by atoms with van der Waals surface area (Å²) in [6, 6.07) is 3.26. The Hall–Kier alpha value is -2.39. The molecule has 1 amide bonds. The van der Waals surface area contributed by atoms with Crippen LogP contribution in [0.3, 0.4) is 0 Å². The van der Waals surface area contributed by atoms with Crippen molar-refractivity contribution in [2.45, 2.75) is 13.3 Å². The molecule has 106 valence electrons. The molecule has 1 heterocycles. The Morgan fingerprint density at radius 2 is 2.25 bits per heavy atom. The third-order valence-corrected chi connectivity index (χ3v) is 2.25. The van der Waals surface area contributed by atoms with Crippen LogP contribution in [0.2, 0.25) is 0 Å². The third kappa shape index (κ3) is 5.50. The molecule has 1 rings (SSSR count). The van der Waals surface area contributed by atoms with E-state index in [1.807, 2.05) is 0 Å². The van der Waals surface area contributed by atoms with Crippen molar-refractivity contribution in [3.05, 3.63) is 29.6 Å². The Labute approximate surface area is 117 Å². The molecule has 0 aromatic carbocycles. The van der Waals surface area contributed by atoms with Gasteiger partial charge in [0.25, 0.3) is 5.91 Å². The zero-order valence-electron chi connectivity index (χ0n) is 11.3. The molecule has 0 aliphatic rings. The van der Waals surface area contributed by atoms with Crippen molar-refractivity contribution in [3.8, 4) is 11.8 Å². The highest BCUT2D eigenvalue weighted by Gasteiger charge is 2.07. The molecule has 1 aromatic rings. The summed E-state index contributed by atoms with van der Waals surface area (Å²) in [5.74, 6) is 4.83. The first kappa shape index (κ1) is 15.7. The maximum absolute atomic E-state index is 11.7. The molecule has 0 aliphatic carbocycles. The fraction of sp³-hybridized carbons (Fsp3) is 0.357. The monoisotopic (exact) mass is 275 g/mol. The number of nitrogens with one attached hydrogen (secondary N) is 1. The van der Waals surface area contributed by atoms with Gasteiger partial charge in [0.15, 0.2) is 0 Å². The standard InChI is InChI=1S/C14H17N3O3/c1-2-20-13(18)7-9-16-14(19)12-6-5-11(10-17-12)4-3-8-15/h5-6,10H,2,7-9,15H2,1H3,(H,16,19). The van der Waals surface area contributed by atoms with E-state index in [0.29, 0.717) is 12.2 Å². The van der Waals surface area contributed by atoms with Gasteiger partial charge in [-0.3, -0.25) is 9.59 Å². The van der Waals surface area contributed by atoms with Gasteiger partial charge in [0.1, 0.15) is 5.69 Å². The lowest BCUT2D eigenvalue weighted by Crippen LogP contribution is -2.27. The molecule has 0 atom stereocenters. The number of ether oxygens (including phenoxy) is 1. The smallest absolute Gasteiger partial charge is 0.307 e. The van der Waals surface area contributed by atoms with Crippen molar-refractivity contribution in [2.75, 3.05) is 19.7 Å². The predicted molar refractivity (Wildman–Crippen MR) is 73.8 cm³/mol. The predicted octanol–water partition coefficient (Wildman–Crippen LogP) is 0.0748. The molecule has 0 saturated heterocycles. The van der Waals surface area contributed by atoms with E-state index in [1.165, 1.54) is 6.20 Å². The molecule has 20 heavy (non-hydrogen) atoms. The summed E-state index contributed by atoms with van der Waals surface area (Å²) >= 11 is 0. The number of nitrogens with two attached hydrogens (primary N) is 1. The molecule has 0 fully saturated rings. The molecule has 0 spiro atoms. The van der Waals surface area contributed by atoms with Crippen LogP contribution >= 0.6 is 0 Å². The average Bonchev–Trinajstić information content (AvgIpc) is 2.46. The molecule has 1 aromatic heterocycles. The fourth-order valence-corrected chi connectivity index (χ4v) is 1.36. The highest BCUT2D eigenvalue weighted by atomic mass is 16.5. The first-order chi connectivity index (χ1) is 9.67. The van der Waals surface area contributed by atoms with Crippen LogP contribution in [-0.4, -0.2) is 36.6 Å². The average molecular weight is 275 g/mol. The summed E-state index contributed by atoms with van der Waals surface area (Å²) in [4.78, 5) is 26.8. The van der Waals surface area contributed by atoms with Crippen LogP contribution in [0.4, 0.5) is 0 Å². The minimum atomic E-state index is -0.340. The van der Waals surface area contributed by atoms with Crippen LogP contribution in [-0.2, 0) is 9.53 Å². The van der Waals surface area contributed by atoms with E-state index in [1.54, 1.807) is 19.1 Å². The normalized spacial score (nSPS) is 9.30. The topological polar surface area (TPSA) is 94.3 Å². The lowest BCUT2D eigenvalue weighted by molar-refractivity contribution is -0.142. The molecule has 0 aliphatic heterocycles. The molecule has 0 bridgehead atoms. The van der Waals surface area contributed by atoms with Gasteiger partial charge < -0.3 is 15.8 Å². The maximum Gasteiger partial charge on any atom is 0.307 e. The molecular weight excluding hydrogens is 258 g/mol. The molecule has 0 saturated carbocycles. The summed E-state index contributed by atoms with van der Waals surface area (Å²) in [5, 5.41) is 2.59. The summed E-state index contributed by atoms with van der Waals surface area (Å²) < 4.78 is 4.75. The Balaban J connectivity index is 2.45. The van der Waals surface area contributed by atoms with Crippen LogP contribution in [0.25, 0.3) is 0 Å². The largest absolute Gasteiger partial charge is 0.466 e. The van der Waals surface area contributed by atoms with Gasteiger partial charge in [-0.15, -0.1) is 0 Å². The molecule has 0 unspecified atom stereocenters. The van der Waals surface area contributed by atoms with E-state index in [2.05, 4.69) is 22.1 Å². The minimum Gasteiger partial charge on any atom is -0.466 e. The van der Waals surface area contributed by atoms with Crippen LogP contribution in [0, 0.1) is 11.8 Å². The minimum absolute atomic E-state index is 0.139. The van der Waals surface area contributed by atoms with E-state index >= 15 is 0 Å². The van der Waals surface area contributed by atoms with E-state index in [9.17, 15) is 9.59 Å². The quantitative estimate of drug-likeness (QED) is 0.586. The van der Waals surface area contributed by atoms with Crippen LogP contribution in [0.15, 0.2) is 18.3 Å². The van der Waals surface area contributed by atoms with E-state index in [0.717, 1.165) is 0 Å². The van der Waals surface area contributed by atoms with Crippen molar-refractivity contribution in [3.63, 3.8) is 0 Å². The maximum atomic E-state index is 11.7. The Bertz CT molecular complexity index is 515. The molecule has 6 heteroatoms. The molecule has 0 radical (unpaired) electrons. The zero-order valence-corrected chi connectivity index (χ0v) is 11.3. The number of nitrogens with zero attached hydrogens (tertiary/aromatic N) is 1. The van der Waals surface area contributed by atoms with Crippen molar-refractivity contribution >= 4 is 11.9 Å². The van der Waals surface area contributed by atoms with Gasteiger partial charge in [-0.05, 0) is 19.1 Å². The van der Waals surface area contributed by atoms with Crippen molar-refractivity contribution in [1.29, 1.82) is 0 Å². The van der Waals surface area contributed by atoms with Gasteiger partial charge in [0.05, 0.1) is 19.6 Å². The van der Waals surface area contributed by atoms with Crippen LogP contribution < -0.4 is 11.1 Å². The van der Waals surface area contributed by atoms with E-state index in [4.69, 9.17) is 10.5 Å². The molecule has 6 nitrogen and oxygen atoms in total. The number of aromatic nitrogens is 1. The second kappa shape index (κ2) is 8.67. The van der Waals surface area contributed by atoms with Crippen LogP contribution in [0.5, 0.6) is 0 Å². The molecular formula is C14H17N3O3. The highest BCUT2D eigenvalue weighted by Crippen LogP contribution is 1.99. The van der Waals surface area contributed by atoms with Crippen molar-refractivity contribution in [1.82, 2.24) is 10.3 Å². The summed E-state index contributed by atoms with van der Waals surface area (Å²) in [7, 11) is 0. The number of pyridine rings is 1. The van der Waals surface area contributed by atoms with Gasteiger partial charge in [0, 0.05) is 18.3 Å². The summed E-state index contributed by atoms with van der Waals surface area (Å²) in [6.45, 7) is 2.55. The number of carbonyl (C=O) groups excluding carboxylic acids is 2. The number of carbonyl (C=O) groups is 2. The highest BCUT2D eigenvalue weighted by molar-refractivity contribution is 5.92. The second-order valence-electron chi connectivity index (χ2n) is 3.75. The SMILES string of the molecule is CCOC(=O)CCNC(=O)c1ccc(C#CCN)cn1. The molecule has 3 N–H and O–H groups in total. The third-order valence-electron chi connectivity index (χ3n) is 2.25. The van der Waals surface area contributed by atoms with Gasteiger partial charge in [-0.2, -0.15) is 0 Å². The fourth-order valence-electron chi connectivity index (χ4n) is 1.36. The lowest BCUT2D eigenvalue weighted by atomic mass is 10.2. The summed E-state index contributed by atoms with van der Waals surface area (Å²) in [5.41, 5.74) is 6.22. The van der Waals surface area contributed by atoms with Gasteiger partial charge in [-0.25, -0.2) is 4.98 Å². The van der Waals surface area contributed by atoms with Gasteiger partial charge in [-0.1, -0.05) is 11.8 Å². The summed E-state index contributed by atoms with van der Waals surface area (Å²) in [6.07, 6.45) is 1.64. The van der Waals surface area contributed by atoms with Gasteiger partial charge in [0.2, 0.25) is 0 Å². The van der Waals surface area contributed by atoms with Crippen molar-refractivity contribution < 1.29 is 14.3 Å². The Morgan fingerprint density at radius 1 is 1.45 bits per heavy atom. The van der Waals surface area contributed by atoms with Crippen LogP contribution in [0.1, 0.15) is 29.4 Å². The van der Waals surface area contributed by atoms with Crippen molar-refractivity contribution in [2.24, 2.45) is 5.73 Å². The first-order valence-corrected chi connectivity index (χ1v) is 6.26. The second-order valence-corrected chi connectivity index (χ2v) is 3.75. The number of hydrogen-bond acceptors (Lipinski definition) is 5. The lowest BCUT2D eigenvalue weighted by Gasteiger charge is -2.04. The van der Waals surface area contributed by atoms with E-state index in [-0.39, 0.29) is 37.1 Å². The van der Waals surface area contributed by atoms with Gasteiger partial charge >= 0.3 is 5.97 Å². The number of esters is 1. The Morgan fingerprint density at radius 3 is 2.85 bits per heavy atom. The van der Waals surface area contributed by atoms with E-state index < -0.39 is 0 Å². The zero-order chi connectivity index (χ0) is 14.8. The Kier molecular flexibility index (Phi) is 6.79. The number of rotatable bonds is 5. The first-order valence-electron chi connectivity index (χ1n) is 6.26. The number of amides is 1.